The monoisotopic (exact) mass is 439 g/mol. The lowest BCUT2D eigenvalue weighted by atomic mass is 9.80. The number of likely N-dealkylation sites (tertiary alicyclic amines) is 1. The molecule has 1 atom stereocenters. The summed E-state index contributed by atoms with van der Waals surface area (Å²) in [6.45, 7) is 9.14. The third-order valence-corrected chi connectivity index (χ3v) is 6.25. The zero-order valence-electron chi connectivity index (χ0n) is 18.3. The lowest BCUT2D eigenvalue weighted by molar-refractivity contribution is -0.161. The molecule has 2 amide bonds. The highest BCUT2D eigenvalue weighted by Crippen LogP contribution is 2.34. The summed E-state index contributed by atoms with van der Waals surface area (Å²) in [4.78, 5) is 30.7. The summed E-state index contributed by atoms with van der Waals surface area (Å²) in [5.41, 5.74) is 0.338. The fraction of sp³-hybridized carbons (Fsp3) is 0.652. The van der Waals surface area contributed by atoms with Crippen LogP contribution in [0, 0.1) is 11.7 Å². The Morgan fingerprint density at radius 3 is 2.37 bits per heavy atom. The number of nitrogens with zero attached hydrogens (tertiary/aromatic N) is 2. The maximum Gasteiger partial charge on any atom is 0.246 e. The van der Waals surface area contributed by atoms with Crippen molar-refractivity contribution >= 4 is 24.2 Å². The van der Waals surface area contributed by atoms with Gasteiger partial charge in [-0.2, -0.15) is 0 Å². The molecular formula is C23H35ClFN3O2. The van der Waals surface area contributed by atoms with Gasteiger partial charge in [-0.05, 0) is 49.3 Å². The van der Waals surface area contributed by atoms with E-state index >= 15 is 0 Å². The van der Waals surface area contributed by atoms with Gasteiger partial charge in [0.25, 0.3) is 0 Å². The Morgan fingerprint density at radius 2 is 1.80 bits per heavy atom. The molecular weight excluding hydrogens is 405 g/mol. The van der Waals surface area contributed by atoms with Crippen LogP contribution in [-0.2, 0) is 16.1 Å². The first kappa shape index (κ1) is 24.6. The molecule has 30 heavy (non-hydrogen) atoms. The number of piperazine rings is 1. The highest BCUT2D eigenvalue weighted by atomic mass is 35.5. The zero-order chi connectivity index (χ0) is 21.0. The minimum atomic E-state index is -0.723. The maximum absolute atomic E-state index is 13.3. The van der Waals surface area contributed by atoms with Crippen molar-refractivity contribution in [3.05, 3.63) is 35.6 Å². The van der Waals surface area contributed by atoms with Gasteiger partial charge in [0.05, 0.1) is 0 Å². The Bertz CT molecular complexity index is 718. The number of piperidine rings is 1. The van der Waals surface area contributed by atoms with Crippen LogP contribution in [0.25, 0.3) is 0 Å². The average molecular weight is 440 g/mol. The number of carbonyl (C=O) groups excluding carboxylic acids is 2. The number of benzene rings is 1. The van der Waals surface area contributed by atoms with Gasteiger partial charge >= 0.3 is 0 Å². The highest BCUT2D eigenvalue weighted by molar-refractivity contribution is 6.00. The normalized spacial score (nSPS) is 21.6. The van der Waals surface area contributed by atoms with E-state index in [2.05, 4.69) is 31.0 Å². The number of nitrogens with one attached hydrogen (secondary N) is 1. The first-order chi connectivity index (χ1) is 13.9. The van der Waals surface area contributed by atoms with Gasteiger partial charge in [-0.1, -0.05) is 39.3 Å². The van der Waals surface area contributed by atoms with Gasteiger partial charge in [0.15, 0.2) is 0 Å². The molecule has 1 spiro atoms. The fourth-order valence-electron chi connectivity index (χ4n) is 4.57. The average Bonchev–Trinajstić information content (AvgIpc) is 2.69. The number of unbranched alkanes of at least 4 members (excludes halogenated alkanes) is 1. The second kappa shape index (κ2) is 10.6. The SMILES string of the molecule is CCCCN1C(=O)[C@H](CC(C)C)NC(=O)C12CCN(Cc1ccc(F)cc1)CC2.Cl. The topological polar surface area (TPSA) is 52.7 Å². The Morgan fingerprint density at radius 1 is 1.17 bits per heavy atom. The Balaban J connectivity index is 0.00000320. The van der Waals surface area contributed by atoms with Crippen molar-refractivity contribution in [2.24, 2.45) is 5.92 Å². The molecule has 1 aromatic rings. The molecule has 2 saturated heterocycles. The first-order valence-electron chi connectivity index (χ1n) is 10.9. The fourth-order valence-corrected chi connectivity index (χ4v) is 4.57. The number of halogens is 2. The molecule has 0 radical (unpaired) electrons. The minimum absolute atomic E-state index is 0. The van der Waals surface area contributed by atoms with Crippen molar-refractivity contribution in [2.45, 2.75) is 71.0 Å². The van der Waals surface area contributed by atoms with Gasteiger partial charge < -0.3 is 10.2 Å². The Kier molecular flexibility index (Phi) is 8.68. The highest BCUT2D eigenvalue weighted by Gasteiger charge is 2.53. The summed E-state index contributed by atoms with van der Waals surface area (Å²) >= 11 is 0. The third kappa shape index (κ3) is 5.33. The summed E-state index contributed by atoms with van der Waals surface area (Å²) in [5, 5.41) is 3.04. The molecule has 2 heterocycles. The van der Waals surface area contributed by atoms with Crippen LogP contribution in [0.1, 0.15) is 58.4 Å². The van der Waals surface area contributed by atoms with E-state index in [0.29, 0.717) is 31.7 Å². The van der Waals surface area contributed by atoms with Crippen molar-refractivity contribution in [3.63, 3.8) is 0 Å². The lowest BCUT2D eigenvalue weighted by Gasteiger charge is -2.52. The van der Waals surface area contributed by atoms with Crippen LogP contribution >= 0.6 is 12.4 Å². The van der Waals surface area contributed by atoms with Crippen molar-refractivity contribution in [1.82, 2.24) is 15.1 Å². The Labute approximate surface area is 185 Å². The van der Waals surface area contributed by atoms with E-state index in [1.807, 2.05) is 4.90 Å². The molecule has 0 unspecified atom stereocenters. The van der Waals surface area contributed by atoms with Gasteiger partial charge in [0.2, 0.25) is 11.8 Å². The molecule has 168 valence electrons. The quantitative estimate of drug-likeness (QED) is 0.703. The predicted molar refractivity (Wildman–Crippen MR) is 119 cm³/mol. The van der Waals surface area contributed by atoms with Gasteiger partial charge in [-0.25, -0.2) is 4.39 Å². The van der Waals surface area contributed by atoms with Gasteiger partial charge in [-0.3, -0.25) is 14.5 Å². The molecule has 0 aliphatic carbocycles. The van der Waals surface area contributed by atoms with Crippen molar-refractivity contribution in [1.29, 1.82) is 0 Å². The summed E-state index contributed by atoms with van der Waals surface area (Å²) in [6, 6.07) is 6.17. The molecule has 2 aliphatic heterocycles. The smallest absolute Gasteiger partial charge is 0.246 e. The molecule has 1 aromatic carbocycles. The molecule has 0 aromatic heterocycles. The van der Waals surface area contributed by atoms with Crippen LogP contribution in [0.5, 0.6) is 0 Å². The number of hydrogen-bond donors (Lipinski definition) is 1. The van der Waals surface area contributed by atoms with E-state index in [4.69, 9.17) is 0 Å². The van der Waals surface area contributed by atoms with E-state index in [9.17, 15) is 14.0 Å². The number of carbonyl (C=O) groups is 2. The summed E-state index contributed by atoms with van der Waals surface area (Å²) in [6.07, 6.45) is 3.87. The number of amides is 2. The molecule has 7 heteroatoms. The molecule has 0 saturated carbocycles. The zero-order valence-corrected chi connectivity index (χ0v) is 19.1. The van der Waals surface area contributed by atoms with Crippen LogP contribution in [0.3, 0.4) is 0 Å². The molecule has 5 nitrogen and oxygen atoms in total. The van der Waals surface area contributed by atoms with E-state index in [-0.39, 0.29) is 30.0 Å². The first-order valence-corrected chi connectivity index (χ1v) is 10.9. The van der Waals surface area contributed by atoms with Crippen molar-refractivity contribution in [3.8, 4) is 0 Å². The van der Waals surface area contributed by atoms with Crippen LogP contribution in [0.2, 0.25) is 0 Å². The van der Waals surface area contributed by atoms with E-state index in [0.717, 1.165) is 38.0 Å². The maximum atomic E-state index is 13.3. The van der Waals surface area contributed by atoms with Gasteiger partial charge in [0, 0.05) is 26.2 Å². The van der Waals surface area contributed by atoms with Gasteiger partial charge in [-0.15, -0.1) is 12.4 Å². The second-order valence-corrected chi connectivity index (χ2v) is 8.93. The summed E-state index contributed by atoms with van der Waals surface area (Å²) < 4.78 is 13.1. The molecule has 1 N–H and O–H groups in total. The molecule has 0 bridgehead atoms. The van der Waals surface area contributed by atoms with Crippen LogP contribution in [0.4, 0.5) is 4.39 Å². The van der Waals surface area contributed by atoms with E-state index < -0.39 is 11.6 Å². The van der Waals surface area contributed by atoms with Crippen LogP contribution in [0.15, 0.2) is 24.3 Å². The molecule has 2 fully saturated rings. The third-order valence-electron chi connectivity index (χ3n) is 6.25. The lowest BCUT2D eigenvalue weighted by Crippen LogP contribution is -2.73. The number of hydrogen-bond acceptors (Lipinski definition) is 3. The van der Waals surface area contributed by atoms with Crippen LogP contribution in [-0.4, -0.2) is 52.8 Å². The molecule has 2 aliphatic rings. The minimum Gasteiger partial charge on any atom is -0.342 e. The summed E-state index contributed by atoms with van der Waals surface area (Å²) in [7, 11) is 0. The largest absolute Gasteiger partial charge is 0.342 e. The second-order valence-electron chi connectivity index (χ2n) is 8.93. The summed E-state index contributed by atoms with van der Waals surface area (Å²) in [5.74, 6) is 0.217. The van der Waals surface area contributed by atoms with Gasteiger partial charge in [0.1, 0.15) is 17.4 Å². The van der Waals surface area contributed by atoms with Crippen molar-refractivity contribution in [2.75, 3.05) is 19.6 Å². The van der Waals surface area contributed by atoms with E-state index in [1.54, 1.807) is 12.1 Å². The standard InChI is InChI=1S/C23H34FN3O2.ClH/c1-4-5-12-27-21(28)20(15-17(2)3)25-22(29)23(27)10-13-26(14-11-23)16-18-6-8-19(24)9-7-18;/h6-9,17,20H,4-5,10-16H2,1-3H3,(H,25,29);1H/t20-;/m0./s1. The Hall–Kier alpha value is -1.66. The number of rotatable bonds is 7. The van der Waals surface area contributed by atoms with E-state index in [1.165, 1.54) is 12.1 Å². The van der Waals surface area contributed by atoms with Crippen LogP contribution < -0.4 is 5.32 Å². The predicted octanol–water partition coefficient (Wildman–Crippen LogP) is 3.76. The van der Waals surface area contributed by atoms with Crippen molar-refractivity contribution < 1.29 is 14.0 Å². The molecule has 3 rings (SSSR count).